The van der Waals surface area contributed by atoms with Crippen LogP contribution in [0.5, 0.6) is 0 Å². The van der Waals surface area contributed by atoms with E-state index in [4.69, 9.17) is 5.11 Å². The smallest absolute Gasteiger partial charge is 0.355 e. The first-order valence-electron chi connectivity index (χ1n) is 5.36. The van der Waals surface area contributed by atoms with Gasteiger partial charge in [-0.1, -0.05) is 0 Å². The van der Waals surface area contributed by atoms with Crippen LogP contribution in [0.1, 0.15) is 15.5 Å². The second-order valence-corrected chi connectivity index (χ2v) is 4.72. The highest BCUT2D eigenvalue weighted by molar-refractivity contribution is 7.09. The van der Waals surface area contributed by atoms with Gasteiger partial charge in [-0.2, -0.15) is 0 Å². The summed E-state index contributed by atoms with van der Waals surface area (Å²) in [6.45, 7) is 5.18. The predicted octanol–water partition coefficient (Wildman–Crippen LogP) is 0.289. The first-order chi connectivity index (χ1) is 7.75. The largest absolute Gasteiger partial charge is 0.476 e. The number of thiazole rings is 1. The van der Waals surface area contributed by atoms with Crippen LogP contribution in [0.15, 0.2) is 5.38 Å². The Bertz CT molecular complexity index is 361. The fourth-order valence-corrected chi connectivity index (χ4v) is 2.47. The molecule has 1 fully saturated rings. The summed E-state index contributed by atoms with van der Waals surface area (Å²) in [5.41, 5.74) is 0.167. The summed E-state index contributed by atoms with van der Waals surface area (Å²) in [4.78, 5) is 17.1. The lowest BCUT2D eigenvalue weighted by atomic mass is 10.3. The monoisotopic (exact) mass is 241 g/mol. The van der Waals surface area contributed by atoms with E-state index in [1.807, 2.05) is 0 Å². The fraction of sp³-hybridized carbons (Fsp3) is 0.600. The van der Waals surface area contributed by atoms with Gasteiger partial charge < -0.3 is 15.3 Å². The fourth-order valence-electron chi connectivity index (χ4n) is 1.71. The Labute approximate surface area is 98.1 Å². The van der Waals surface area contributed by atoms with E-state index in [0.717, 1.165) is 44.2 Å². The van der Waals surface area contributed by atoms with Gasteiger partial charge in [0.1, 0.15) is 0 Å². The van der Waals surface area contributed by atoms with Crippen LogP contribution in [0.4, 0.5) is 0 Å². The van der Waals surface area contributed by atoms with E-state index in [9.17, 15) is 4.79 Å². The number of hydrogen-bond donors (Lipinski definition) is 2. The number of rotatable bonds is 4. The maximum Gasteiger partial charge on any atom is 0.355 e. The molecule has 88 valence electrons. The number of hydrogen-bond acceptors (Lipinski definition) is 5. The second kappa shape index (κ2) is 5.38. The summed E-state index contributed by atoms with van der Waals surface area (Å²) in [5.74, 6) is -0.940. The maximum absolute atomic E-state index is 10.6. The first-order valence-corrected chi connectivity index (χ1v) is 6.24. The average Bonchev–Trinajstić information content (AvgIpc) is 2.76. The minimum atomic E-state index is -0.940. The Kier molecular flexibility index (Phi) is 3.87. The van der Waals surface area contributed by atoms with Crippen LogP contribution in [0.25, 0.3) is 0 Å². The molecule has 5 nitrogen and oxygen atoms in total. The van der Waals surface area contributed by atoms with Crippen molar-refractivity contribution in [3.8, 4) is 0 Å². The zero-order valence-electron chi connectivity index (χ0n) is 8.98. The molecule has 0 atom stereocenters. The Hall–Kier alpha value is -0.980. The van der Waals surface area contributed by atoms with E-state index < -0.39 is 5.97 Å². The van der Waals surface area contributed by atoms with Crippen molar-refractivity contribution >= 4 is 17.3 Å². The molecule has 0 spiro atoms. The van der Waals surface area contributed by atoms with Crippen molar-refractivity contribution < 1.29 is 9.90 Å². The van der Waals surface area contributed by atoms with E-state index in [0.29, 0.717) is 0 Å². The molecule has 2 heterocycles. The molecule has 0 radical (unpaired) electrons. The SMILES string of the molecule is O=C(O)c1csc(CCN2CCNCC2)n1. The van der Waals surface area contributed by atoms with Crippen LogP contribution in [0, 0.1) is 0 Å². The maximum atomic E-state index is 10.6. The zero-order valence-corrected chi connectivity index (χ0v) is 9.79. The lowest BCUT2D eigenvalue weighted by Crippen LogP contribution is -2.44. The molecule has 6 heteroatoms. The molecule has 0 aromatic carbocycles. The minimum absolute atomic E-state index is 0.167. The summed E-state index contributed by atoms with van der Waals surface area (Å²) in [6, 6.07) is 0. The number of nitrogens with one attached hydrogen (secondary N) is 1. The molecule has 0 bridgehead atoms. The van der Waals surface area contributed by atoms with Crippen LogP contribution < -0.4 is 5.32 Å². The van der Waals surface area contributed by atoms with Crippen LogP contribution in [0.2, 0.25) is 0 Å². The van der Waals surface area contributed by atoms with Gasteiger partial charge in [0.25, 0.3) is 0 Å². The molecule has 2 N–H and O–H groups in total. The number of piperazine rings is 1. The van der Waals surface area contributed by atoms with Crippen LogP contribution in [-0.4, -0.2) is 53.7 Å². The summed E-state index contributed by atoms with van der Waals surface area (Å²) in [7, 11) is 0. The molecular weight excluding hydrogens is 226 g/mol. The molecule has 16 heavy (non-hydrogen) atoms. The topological polar surface area (TPSA) is 65.5 Å². The van der Waals surface area contributed by atoms with E-state index in [1.165, 1.54) is 11.3 Å². The lowest BCUT2D eigenvalue weighted by Gasteiger charge is -2.26. The molecule has 1 aromatic rings. The third-order valence-electron chi connectivity index (χ3n) is 2.62. The van der Waals surface area contributed by atoms with Crippen molar-refractivity contribution in [2.45, 2.75) is 6.42 Å². The van der Waals surface area contributed by atoms with Gasteiger partial charge in [0, 0.05) is 44.5 Å². The Morgan fingerprint density at radius 3 is 2.94 bits per heavy atom. The summed E-state index contributed by atoms with van der Waals surface area (Å²) >= 11 is 1.43. The van der Waals surface area contributed by atoms with Crippen molar-refractivity contribution in [1.29, 1.82) is 0 Å². The quantitative estimate of drug-likeness (QED) is 0.793. The standard InChI is InChI=1S/C10H15N3O2S/c14-10(15)8-7-16-9(12-8)1-4-13-5-2-11-3-6-13/h7,11H,1-6H2,(H,14,15). The van der Waals surface area contributed by atoms with Crippen LogP contribution >= 0.6 is 11.3 Å². The molecule has 0 aliphatic carbocycles. The van der Waals surface area contributed by atoms with Crippen LogP contribution in [-0.2, 0) is 6.42 Å². The number of carbonyl (C=O) groups is 1. The van der Waals surface area contributed by atoms with Gasteiger partial charge in [-0.05, 0) is 0 Å². The molecule has 1 aromatic heterocycles. The number of aromatic nitrogens is 1. The van der Waals surface area contributed by atoms with Gasteiger partial charge in [0.15, 0.2) is 5.69 Å². The lowest BCUT2D eigenvalue weighted by molar-refractivity contribution is 0.0691. The molecule has 0 unspecified atom stereocenters. The number of carboxylic acids is 1. The predicted molar refractivity (Wildman–Crippen MR) is 62.1 cm³/mol. The summed E-state index contributed by atoms with van der Waals surface area (Å²) in [5, 5.41) is 14.6. The van der Waals surface area contributed by atoms with E-state index in [-0.39, 0.29) is 5.69 Å². The highest BCUT2D eigenvalue weighted by Crippen LogP contribution is 2.11. The number of aromatic carboxylic acids is 1. The zero-order chi connectivity index (χ0) is 11.4. The van der Waals surface area contributed by atoms with E-state index >= 15 is 0 Å². The molecule has 2 rings (SSSR count). The first kappa shape index (κ1) is 11.5. The normalized spacial score (nSPS) is 17.5. The Balaban J connectivity index is 1.81. The van der Waals surface area contributed by atoms with Crippen LogP contribution in [0.3, 0.4) is 0 Å². The van der Waals surface area contributed by atoms with E-state index in [2.05, 4.69) is 15.2 Å². The number of carboxylic acid groups (broad SMARTS) is 1. The van der Waals surface area contributed by atoms with Crippen molar-refractivity contribution in [2.75, 3.05) is 32.7 Å². The van der Waals surface area contributed by atoms with Gasteiger partial charge in [-0.15, -0.1) is 11.3 Å². The second-order valence-electron chi connectivity index (χ2n) is 3.77. The van der Waals surface area contributed by atoms with Gasteiger partial charge in [-0.25, -0.2) is 9.78 Å². The molecular formula is C10H15N3O2S. The molecule has 0 amide bonds. The van der Waals surface area contributed by atoms with E-state index in [1.54, 1.807) is 5.38 Å². The third kappa shape index (κ3) is 3.01. The van der Waals surface area contributed by atoms with Gasteiger partial charge in [0.2, 0.25) is 0 Å². The molecule has 0 saturated carbocycles. The highest BCUT2D eigenvalue weighted by Gasteiger charge is 2.12. The van der Waals surface area contributed by atoms with Crippen molar-refractivity contribution in [3.63, 3.8) is 0 Å². The van der Waals surface area contributed by atoms with Crippen molar-refractivity contribution in [1.82, 2.24) is 15.2 Å². The van der Waals surface area contributed by atoms with Gasteiger partial charge in [0.05, 0.1) is 5.01 Å². The van der Waals surface area contributed by atoms with Crippen molar-refractivity contribution in [2.24, 2.45) is 0 Å². The average molecular weight is 241 g/mol. The van der Waals surface area contributed by atoms with Crippen molar-refractivity contribution in [3.05, 3.63) is 16.1 Å². The molecule has 1 aliphatic rings. The summed E-state index contributed by atoms with van der Waals surface area (Å²) < 4.78 is 0. The molecule has 1 saturated heterocycles. The number of nitrogens with zero attached hydrogens (tertiary/aromatic N) is 2. The summed E-state index contributed by atoms with van der Waals surface area (Å²) in [6.07, 6.45) is 0.845. The van der Waals surface area contributed by atoms with Gasteiger partial charge in [-0.3, -0.25) is 0 Å². The molecule has 1 aliphatic heterocycles. The minimum Gasteiger partial charge on any atom is -0.476 e. The van der Waals surface area contributed by atoms with Gasteiger partial charge >= 0.3 is 5.97 Å². The highest BCUT2D eigenvalue weighted by atomic mass is 32.1. The Morgan fingerprint density at radius 2 is 2.31 bits per heavy atom. The third-order valence-corrected chi connectivity index (χ3v) is 3.53. The Morgan fingerprint density at radius 1 is 1.56 bits per heavy atom.